The number of anilines is 1. The van der Waals surface area contributed by atoms with Crippen LogP contribution in [0.5, 0.6) is 0 Å². The Morgan fingerprint density at radius 3 is 1.93 bits per heavy atom. The molecular weight excluding hydrogens is 324 g/mol. The molecular formula is C10H12Br2N2O. The molecule has 0 atom stereocenters. The highest BCUT2D eigenvalue weighted by atomic mass is 79.9. The summed E-state index contributed by atoms with van der Waals surface area (Å²) in [5, 5.41) is 0. The van der Waals surface area contributed by atoms with Gasteiger partial charge in [0.2, 0.25) is 0 Å². The van der Waals surface area contributed by atoms with E-state index in [1.165, 1.54) is 4.90 Å². The van der Waals surface area contributed by atoms with E-state index in [2.05, 4.69) is 31.9 Å². The van der Waals surface area contributed by atoms with E-state index in [1.807, 2.05) is 18.2 Å². The lowest BCUT2D eigenvalue weighted by Crippen LogP contribution is -2.36. The number of amides is 2. The molecule has 0 spiro atoms. The van der Waals surface area contributed by atoms with Crippen LogP contribution in [0.2, 0.25) is 0 Å². The molecule has 1 aromatic carbocycles. The van der Waals surface area contributed by atoms with Crippen molar-refractivity contribution in [3.8, 4) is 0 Å². The topological polar surface area (TPSA) is 23.6 Å². The minimum atomic E-state index is -0.0556. The predicted molar refractivity (Wildman–Crippen MR) is 69.3 cm³/mol. The summed E-state index contributed by atoms with van der Waals surface area (Å²) in [5.41, 5.74) is 0.843. The minimum absolute atomic E-state index is 0.0556. The predicted octanol–water partition coefficient (Wildman–Crippen LogP) is 3.33. The molecule has 0 aromatic heterocycles. The maximum atomic E-state index is 11.7. The van der Waals surface area contributed by atoms with Crippen LogP contribution in [0.4, 0.5) is 10.5 Å². The van der Waals surface area contributed by atoms with E-state index in [4.69, 9.17) is 0 Å². The van der Waals surface area contributed by atoms with Gasteiger partial charge in [-0.2, -0.15) is 0 Å². The monoisotopic (exact) mass is 334 g/mol. The fourth-order valence-corrected chi connectivity index (χ4v) is 2.41. The Bertz CT molecular complexity index is 359. The first-order valence-corrected chi connectivity index (χ1v) is 5.91. The van der Waals surface area contributed by atoms with Crippen molar-refractivity contribution >= 4 is 43.6 Å². The van der Waals surface area contributed by atoms with Crippen molar-refractivity contribution in [2.75, 3.05) is 26.0 Å². The number of hydrogen-bond donors (Lipinski definition) is 0. The Labute approximate surface area is 106 Å². The Hall–Kier alpha value is -0.550. The molecule has 82 valence electrons. The lowest BCUT2D eigenvalue weighted by atomic mass is 10.3. The fraction of sp³-hybridized carbons (Fsp3) is 0.300. The summed E-state index contributed by atoms with van der Waals surface area (Å²) >= 11 is 6.77. The van der Waals surface area contributed by atoms with Crippen LogP contribution in [0, 0.1) is 0 Å². The van der Waals surface area contributed by atoms with Crippen molar-refractivity contribution in [1.29, 1.82) is 0 Å². The number of carbonyl (C=O) groups excluding carboxylic acids is 1. The number of halogens is 2. The summed E-state index contributed by atoms with van der Waals surface area (Å²) in [6, 6.07) is 5.66. The molecule has 0 aliphatic rings. The van der Waals surface area contributed by atoms with E-state index >= 15 is 0 Å². The van der Waals surface area contributed by atoms with E-state index in [0.717, 1.165) is 14.6 Å². The molecule has 2 amide bonds. The van der Waals surface area contributed by atoms with Crippen molar-refractivity contribution < 1.29 is 4.79 Å². The highest BCUT2D eigenvalue weighted by Gasteiger charge is 2.13. The molecule has 0 saturated carbocycles. The van der Waals surface area contributed by atoms with E-state index in [9.17, 15) is 4.79 Å². The summed E-state index contributed by atoms with van der Waals surface area (Å²) in [4.78, 5) is 14.8. The van der Waals surface area contributed by atoms with Gasteiger partial charge >= 0.3 is 6.03 Å². The van der Waals surface area contributed by atoms with Gasteiger partial charge in [0, 0.05) is 35.8 Å². The van der Waals surface area contributed by atoms with Crippen LogP contribution in [0.3, 0.4) is 0 Å². The van der Waals surface area contributed by atoms with Crippen molar-refractivity contribution in [2.45, 2.75) is 0 Å². The van der Waals surface area contributed by atoms with Gasteiger partial charge in [0.1, 0.15) is 0 Å². The number of carbonyl (C=O) groups is 1. The molecule has 0 bridgehead atoms. The molecule has 0 radical (unpaired) electrons. The van der Waals surface area contributed by atoms with Gasteiger partial charge in [-0.25, -0.2) is 4.79 Å². The van der Waals surface area contributed by atoms with Gasteiger partial charge in [-0.05, 0) is 18.2 Å². The zero-order chi connectivity index (χ0) is 11.6. The van der Waals surface area contributed by atoms with Crippen LogP contribution in [-0.2, 0) is 0 Å². The summed E-state index contributed by atoms with van der Waals surface area (Å²) in [5.74, 6) is 0. The van der Waals surface area contributed by atoms with Gasteiger partial charge in [0.25, 0.3) is 0 Å². The van der Waals surface area contributed by atoms with Gasteiger partial charge in [-0.1, -0.05) is 31.9 Å². The standard InChI is InChI=1S/C10H12Br2N2O/c1-13(2)10(15)14(3)9-5-7(11)4-8(12)6-9/h4-6H,1-3H3. The first kappa shape index (κ1) is 12.5. The maximum absolute atomic E-state index is 11.7. The highest BCUT2D eigenvalue weighted by molar-refractivity contribution is 9.11. The van der Waals surface area contributed by atoms with Gasteiger partial charge < -0.3 is 4.90 Å². The summed E-state index contributed by atoms with van der Waals surface area (Å²) in [6.45, 7) is 0. The third kappa shape index (κ3) is 3.21. The summed E-state index contributed by atoms with van der Waals surface area (Å²) < 4.78 is 1.87. The van der Waals surface area contributed by atoms with Crippen molar-refractivity contribution in [1.82, 2.24) is 4.90 Å². The first-order valence-electron chi connectivity index (χ1n) is 4.33. The number of hydrogen-bond acceptors (Lipinski definition) is 1. The molecule has 15 heavy (non-hydrogen) atoms. The molecule has 0 aliphatic carbocycles. The lowest BCUT2D eigenvalue weighted by Gasteiger charge is -2.22. The van der Waals surface area contributed by atoms with Crippen LogP contribution in [-0.4, -0.2) is 32.1 Å². The van der Waals surface area contributed by atoms with Gasteiger partial charge in [-0.15, -0.1) is 0 Å². The molecule has 0 aliphatic heterocycles. The second kappa shape index (κ2) is 4.99. The lowest BCUT2D eigenvalue weighted by molar-refractivity contribution is 0.225. The van der Waals surface area contributed by atoms with Gasteiger partial charge in [-0.3, -0.25) is 4.90 Å². The number of benzene rings is 1. The van der Waals surface area contributed by atoms with E-state index < -0.39 is 0 Å². The van der Waals surface area contributed by atoms with Gasteiger partial charge in [0.05, 0.1) is 0 Å². The maximum Gasteiger partial charge on any atom is 0.323 e. The Balaban J connectivity index is 3.00. The number of rotatable bonds is 1. The largest absolute Gasteiger partial charge is 0.330 e. The fourth-order valence-electron chi connectivity index (χ4n) is 1.14. The van der Waals surface area contributed by atoms with E-state index in [1.54, 1.807) is 26.0 Å². The zero-order valence-electron chi connectivity index (χ0n) is 8.79. The van der Waals surface area contributed by atoms with Crippen molar-refractivity contribution in [3.63, 3.8) is 0 Å². The highest BCUT2D eigenvalue weighted by Crippen LogP contribution is 2.25. The van der Waals surface area contributed by atoms with Crippen LogP contribution >= 0.6 is 31.9 Å². The molecule has 0 unspecified atom stereocenters. The Kier molecular flexibility index (Phi) is 4.16. The van der Waals surface area contributed by atoms with Crippen LogP contribution in [0.25, 0.3) is 0 Å². The smallest absolute Gasteiger partial charge is 0.323 e. The van der Waals surface area contributed by atoms with E-state index in [-0.39, 0.29) is 6.03 Å². The second-order valence-electron chi connectivity index (χ2n) is 3.36. The van der Waals surface area contributed by atoms with Crippen molar-refractivity contribution in [2.24, 2.45) is 0 Å². The third-order valence-corrected chi connectivity index (χ3v) is 2.82. The van der Waals surface area contributed by atoms with Gasteiger partial charge in [0.15, 0.2) is 0 Å². The molecule has 0 N–H and O–H groups in total. The normalized spacial score (nSPS) is 9.93. The summed E-state index contributed by atoms with van der Waals surface area (Å²) in [7, 11) is 5.20. The number of urea groups is 1. The third-order valence-electron chi connectivity index (χ3n) is 1.90. The quantitative estimate of drug-likeness (QED) is 0.772. The van der Waals surface area contributed by atoms with Crippen LogP contribution < -0.4 is 4.90 Å². The molecule has 0 saturated heterocycles. The zero-order valence-corrected chi connectivity index (χ0v) is 12.0. The Morgan fingerprint density at radius 2 is 1.53 bits per heavy atom. The minimum Gasteiger partial charge on any atom is -0.330 e. The summed E-state index contributed by atoms with van der Waals surface area (Å²) in [6.07, 6.45) is 0. The Morgan fingerprint density at radius 1 is 1.07 bits per heavy atom. The average Bonchev–Trinajstić information content (AvgIpc) is 2.13. The van der Waals surface area contributed by atoms with Crippen molar-refractivity contribution in [3.05, 3.63) is 27.1 Å². The van der Waals surface area contributed by atoms with Crippen LogP contribution in [0.1, 0.15) is 0 Å². The second-order valence-corrected chi connectivity index (χ2v) is 5.20. The SMILES string of the molecule is CN(C)C(=O)N(C)c1cc(Br)cc(Br)c1. The molecule has 1 aromatic rings. The molecule has 0 heterocycles. The molecule has 0 fully saturated rings. The molecule has 5 heteroatoms. The average molecular weight is 336 g/mol. The molecule has 3 nitrogen and oxygen atoms in total. The number of nitrogens with zero attached hydrogens (tertiary/aromatic N) is 2. The first-order chi connectivity index (χ1) is 6.91. The van der Waals surface area contributed by atoms with Crippen LogP contribution in [0.15, 0.2) is 27.1 Å². The molecule has 1 rings (SSSR count). The van der Waals surface area contributed by atoms with E-state index in [0.29, 0.717) is 0 Å².